The second kappa shape index (κ2) is 4.80. The third-order valence-corrected chi connectivity index (χ3v) is 5.05. The van der Waals surface area contributed by atoms with Crippen molar-refractivity contribution in [2.24, 2.45) is 11.1 Å². The maximum absolute atomic E-state index is 6.13. The largest absolute Gasteiger partial charge is 0.496 e. The van der Waals surface area contributed by atoms with Gasteiger partial charge in [0, 0.05) is 30.7 Å². The molecule has 0 atom stereocenters. The first-order chi connectivity index (χ1) is 9.24. The minimum Gasteiger partial charge on any atom is -0.496 e. The minimum absolute atomic E-state index is 0.115. The van der Waals surface area contributed by atoms with Gasteiger partial charge in [0.15, 0.2) is 0 Å². The van der Waals surface area contributed by atoms with Crippen molar-refractivity contribution in [1.82, 2.24) is 0 Å². The fourth-order valence-electron chi connectivity index (χ4n) is 4.07. The van der Waals surface area contributed by atoms with Crippen LogP contribution in [0.4, 0.5) is 0 Å². The van der Waals surface area contributed by atoms with Crippen LogP contribution in [-0.4, -0.2) is 26.9 Å². The van der Waals surface area contributed by atoms with E-state index in [-0.39, 0.29) is 5.41 Å². The third-order valence-electron chi connectivity index (χ3n) is 5.05. The number of ether oxygens (including phenoxy) is 2. The van der Waals surface area contributed by atoms with Crippen LogP contribution in [0, 0.1) is 5.41 Å². The molecular formula is C16H23NO2. The molecule has 0 aromatic heterocycles. The van der Waals surface area contributed by atoms with Gasteiger partial charge in [-0.25, -0.2) is 0 Å². The van der Waals surface area contributed by atoms with Gasteiger partial charge >= 0.3 is 0 Å². The summed E-state index contributed by atoms with van der Waals surface area (Å²) in [5.41, 5.74) is 8.00. The Morgan fingerprint density at radius 3 is 2.53 bits per heavy atom. The van der Waals surface area contributed by atoms with Crippen molar-refractivity contribution in [2.75, 3.05) is 26.9 Å². The Balaban J connectivity index is 1.86. The average molecular weight is 261 g/mol. The van der Waals surface area contributed by atoms with E-state index in [1.54, 1.807) is 7.11 Å². The van der Waals surface area contributed by atoms with Crippen LogP contribution in [0.15, 0.2) is 24.3 Å². The summed E-state index contributed by atoms with van der Waals surface area (Å²) in [5, 5.41) is 0. The second-order valence-electron chi connectivity index (χ2n) is 6.15. The van der Waals surface area contributed by atoms with E-state index < -0.39 is 0 Å². The highest BCUT2D eigenvalue weighted by atomic mass is 16.5. The molecule has 3 rings (SSSR count). The number of hydrogen-bond acceptors (Lipinski definition) is 3. The van der Waals surface area contributed by atoms with Gasteiger partial charge in [-0.15, -0.1) is 0 Å². The van der Waals surface area contributed by atoms with E-state index in [9.17, 15) is 0 Å². The summed E-state index contributed by atoms with van der Waals surface area (Å²) in [4.78, 5) is 0. The molecule has 0 amide bonds. The maximum Gasteiger partial charge on any atom is 0.122 e. The van der Waals surface area contributed by atoms with Gasteiger partial charge in [0.25, 0.3) is 0 Å². The van der Waals surface area contributed by atoms with Crippen LogP contribution in [0.25, 0.3) is 0 Å². The molecule has 2 fully saturated rings. The summed E-state index contributed by atoms with van der Waals surface area (Å²) in [6, 6.07) is 8.33. The first-order valence-corrected chi connectivity index (χ1v) is 7.15. The zero-order chi connectivity index (χ0) is 13.3. The molecule has 0 radical (unpaired) electrons. The quantitative estimate of drug-likeness (QED) is 0.909. The molecule has 104 valence electrons. The smallest absolute Gasteiger partial charge is 0.122 e. The minimum atomic E-state index is 0.115. The van der Waals surface area contributed by atoms with Crippen molar-refractivity contribution in [1.29, 1.82) is 0 Å². The van der Waals surface area contributed by atoms with Crippen LogP contribution in [0.5, 0.6) is 5.75 Å². The van der Waals surface area contributed by atoms with Crippen molar-refractivity contribution in [3.63, 3.8) is 0 Å². The van der Waals surface area contributed by atoms with E-state index in [4.69, 9.17) is 15.2 Å². The summed E-state index contributed by atoms with van der Waals surface area (Å²) in [6.07, 6.45) is 4.73. The Kier molecular flexibility index (Phi) is 3.27. The van der Waals surface area contributed by atoms with Crippen LogP contribution in [0.3, 0.4) is 0 Å². The summed E-state index contributed by atoms with van der Waals surface area (Å²) in [7, 11) is 1.74. The van der Waals surface area contributed by atoms with E-state index in [0.29, 0.717) is 12.0 Å². The molecule has 1 aromatic carbocycles. The van der Waals surface area contributed by atoms with Crippen LogP contribution in [0.1, 0.15) is 31.2 Å². The topological polar surface area (TPSA) is 44.5 Å². The molecular weight excluding hydrogens is 238 g/mol. The zero-order valence-electron chi connectivity index (χ0n) is 11.7. The summed E-state index contributed by atoms with van der Waals surface area (Å²) < 4.78 is 11.0. The number of methoxy groups -OCH3 is 1. The summed E-state index contributed by atoms with van der Waals surface area (Å²) in [5.74, 6) is 0.981. The highest BCUT2D eigenvalue weighted by Gasteiger charge is 2.55. The lowest BCUT2D eigenvalue weighted by molar-refractivity contribution is -0.0719. The van der Waals surface area contributed by atoms with Gasteiger partial charge in [0.2, 0.25) is 0 Å². The Hall–Kier alpha value is -1.06. The number of para-hydroxylation sites is 1. The first-order valence-electron chi connectivity index (χ1n) is 7.15. The number of benzene rings is 1. The third kappa shape index (κ3) is 2.05. The number of hydrogen-bond donors (Lipinski definition) is 1. The number of nitrogens with two attached hydrogens (primary N) is 1. The normalized spacial score (nSPS) is 23.9. The lowest BCUT2D eigenvalue weighted by Gasteiger charge is -2.58. The number of rotatable bonds is 3. The van der Waals surface area contributed by atoms with Crippen molar-refractivity contribution >= 4 is 0 Å². The second-order valence-corrected chi connectivity index (χ2v) is 6.15. The lowest BCUT2D eigenvalue weighted by Crippen LogP contribution is -2.55. The molecule has 1 heterocycles. The van der Waals surface area contributed by atoms with E-state index in [1.165, 1.54) is 31.2 Å². The van der Waals surface area contributed by atoms with Crippen LogP contribution >= 0.6 is 0 Å². The fraction of sp³-hybridized carbons (Fsp3) is 0.625. The molecule has 3 nitrogen and oxygen atoms in total. The van der Waals surface area contributed by atoms with Gasteiger partial charge in [-0.05, 0) is 37.2 Å². The Bertz CT molecular complexity index is 444. The summed E-state index contributed by atoms with van der Waals surface area (Å²) in [6.45, 7) is 2.52. The van der Waals surface area contributed by atoms with Crippen molar-refractivity contribution in [3.05, 3.63) is 29.8 Å². The van der Waals surface area contributed by atoms with E-state index >= 15 is 0 Å². The molecule has 1 spiro atoms. The van der Waals surface area contributed by atoms with Crippen LogP contribution < -0.4 is 10.5 Å². The first kappa shape index (κ1) is 12.9. The molecule has 1 aliphatic heterocycles. The highest BCUT2D eigenvalue weighted by Crippen LogP contribution is 2.61. The molecule has 2 N–H and O–H groups in total. The fourth-order valence-corrected chi connectivity index (χ4v) is 4.07. The van der Waals surface area contributed by atoms with E-state index in [1.807, 2.05) is 12.1 Å². The van der Waals surface area contributed by atoms with Gasteiger partial charge in [-0.3, -0.25) is 0 Å². The predicted octanol–water partition coefficient (Wildman–Crippen LogP) is 2.48. The average Bonchev–Trinajstić information content (AvgIpc) is 2.45. The Morgan fingerprint density at radius 2 is 1.89 bits per heavy atom. The van der Waals surface area contributed by atoms with Gasteiger partial charge < -0.3 is 15.2 Å². The van der Waals surface area contributed by atoms with E-state index in [0.717, 1.165) is 19.0 Å². The Labute approximate surface area is 115 Å². The molecule has 0 unspecified atom stereocenters. The monoisotopic (exact) mass is 261 g/mol. The molecule has 19 heavy (non-hydrogen) atoms. The molecule has 2 aliphatic rings. The maximum atomic E-state index is 6.13. The van der Waals surface area contributed by atoms with E-state index in [2.05, 4.69) is 12.1 Å². The predicted molar refractivity (Wildman–Crippen MR) is 75.4 cm³/mol. The van der Waals surface area contributed by atoms with Crippen molar-refractivity contribution < 1.29 is 9.47 Å². The van der Waals surface area contributed by atoms with Crippen LogP contribution in [0.2, 0.25) is 0 Å². The SMILES string of the molecule is COc1ccccc1C1(CN)CC2(CCOCC2)C1. The van der Waals surface area contributed by atoms with Crippen molar-refractivity contribution in [2.45, 2.75) is 31.1 Å². The molecule has 1 aromatic rings. The van der Waals surface area contributed by atoms with Crippen LogP contribution in [-0.2, 0) is 10.2 Å². The lowest BCUT2D eigenvalue weighted by atomic mass is 9.48. The molecule has 1 saturated heterocycles. The standard InChI is InChI=1S/C16H23NO2/c1-18-14-5-3-2-4-13(14)16(12-17)10-15(11-16)6-8-19-9-7-15/h2-5H,6-12,17H2,1H3. The summed E-state index contributed by atoms with van der Waals surface area (Å²) >= 11 is 0. The molecule has 1 aliphatic carbocycles. The van der Waals surface area contributed by atoms with Gasteiger partial charge in [0.05, 0.1) is 7.11 Å². The highest BCUT2D eigenvalue weighted by molar-refractivity contribution is 5.43. The van der Waals surface area contributed by atoms with Gasteiger partial charge in [-0.2, -0.15) is 0 Å². The van der Waals surface area contributed by atoms with Gasteiger partial charge in [-0.1, -0.05) is 18.2 Å². The molecule has 0 bridgehead atoms. The molecule has 1 saturated carbocycles. The molecule has 3 heteroatoms. The van der Waals surface area contributed by atoms with Crippen molar-refractivity contribution in [3.8, 4) is 5.75 Å². The van der Waals surface area contributed by atoms with Gasteiger partial charge in [0.1, 0.15) is 5.75 Å². The zero-order valence-corrected chi connectivity index (χ0v) is 11.7. The Morgan fingerprint density at radius 1 is 1.21 bits per heavy atom.